The molecular weight excluding hydrogens is 597 g/mol. The molecule has 0 saturated carbocycles. The van der Waals surface area contributed by atoms with Gasteiger partial charge in [-0.05, 0) is 58.9 Å². The highest BCUT2D eigenvalue weighted by atomic mass is 15.0. The molecule has 49 heavy (non-hydrogen) atoms. The Bertz CT molecular complexity index is 2460. The van der Waals surface area contributed by atoms with Crippen molar-refractivity contribution in [3.63, 3.8) is 0 Å². The van der Waals surface area contributed by atoms with Crippen LogP contribution in [0.25, 0.3) is 67.5 Å². The lowest BCUT2D eigenvalue weighted by Crippen LogP contribution is -2.01. The minimum atomic E-state index is 0.712. The molecule has 1 aliphatic carbocycles. The maximum Gasteiger partial charge on any atom is 0.160 e. The number of allylic oxidation sites excluding steroid dienone is 1. The van der Waals surface area contributed by atoms with Crippen molar-refractivity contribution < 1.29 is 0 Å². The molecule has 0 aliphatic heterocycles. The second-order valence-corrected chi connectivity index (χ2v) is 12.4. The van der Waals surface area contributed by atoms with Gasteiger partial charge >= 0.3 is 0 Å². The molecule has 0 radical (unpaired) electrons. The quantitative estimate of drug-likeness (QED) is 0.190. The van der Waals surface area contributed by atoms with Gasteiger partial charge in [0.1, 0.15) is 5.65 Å². The number of hydrogen-bond acceptors (Lipinski definition) is 3. The minimum absolute atomic E-state index is 0.712. The van der Waals surface area contributed by atoms with Crippen molar-refractivity contribution in [1.82, 2.24) is 19.4 Å². The van der Waals surface area contributed by atoms with E-state index in [2.05, 4.69) is 150 Å². The van der Waals surface area contributed by atoms with E-state index in [4.69, 9.17) is 15.0 Å². The highest BCUT2D eigenvalue weighted by molar-refractivity contribution is 5.90. The van der Waals surface area contributed by atoms with Crippen LogP contribution in [0.15, 0.2) is 170 Å². The van der Waals surface area contributed by atoms with E-state index in [1.54, 1.807) is 0 Å². The fourth-order valence-corrected chi connectivity index (χ4v) is 6.91. The molecule has 4 heteroatoms. The first-order valence-electron chi connectivity index (χ1n) is 16.8. The van der Waals surface area contributed by atoms with E-state index in [0.717, 1.165) is 52.3 Å². The van der Waals surface area contributed by atoms with E-state index in [0.29, 0.717) is 5.82 Å². The molecule has 3 aromatic heterocycles. The highest BCUT2D eigenvalue weighted by Gasteiger charge is 2.21. The maximum atomic E-state index is 5.09. The number of aromatic nitrogens is 4. The highest BCUT2D eigenvalue weighted by Crippen LogP contribution is 2.38. The normalized spacial score (nSPS) is 12.4. The lowest BCUT2D eigenvalue weighted by Gasteiger charge is -2.17. The molecule has 232 valence electrons. The van der Waals surface area contributed by atoms with Crippen molar-refractivity contribution in [2.75, 3.05) is 0 Å². The Balaban J connectivity index is 1.09. The molecule has 0 saturated heterocycles. The van der Waals surface area contributed by atoms with Gasteiger partial charge in [0.25, 0.3) is 0 Å². The Morgan fingerprint density at radius 2 is 1.00 bits per heavy atom. The summed E-state index contributed by atoms with van der Waals surface area (Å²) in [7, 11) is 0. The molecule has 0 amide bonds. The van der Waals surface area contributed by atoms with Crippen LogP contribution in [0.3, 0.4) is 0 Å². The molecule has 1 aliphatic rings. The van der Waals surface area contributed by atoms with Gasteiger partial charge in [0.2, 0.25) is 0 Å². The molecule has 3 heterocycles. The van der Waals surface area contributed by atoms with Gasteiger partial charge in [-0.3, -0.25) is 0 Å². The standard InChI is InChI=1S/C45H32N4/c1-3-12-31(13-4-1)32-21-25-34(26-22-32)40-30-41(47-45(46-40)36-14-5-2-6-15-36)35-27-23-33(24-28-35)37-18-11-19-42-44(39-17-8-7-16-38(37)39)48-43-20-9-10-29-49(42)43/h1-10,12-18,20-30H,11,19H2. The van der Waals surface area contributed by atoms with Gasteiger partial charge in [-0.2, -0.15) is 0 Å². The number of pyridine rings is 1. The van der Waals surface area contributed by atoms with Crippen molar-refractivity contribution in [1.29, 1.82) is 0 Å². The zero-order valence-corrected chi connectivity index (χ0v) is 26.9. The fourth-order valence-electron chi connectivity index (χ4n) is 6.91. The number of nitrogens with zero attached hydrogens (tertiary/aromatic N) is 4. The van der Waals surface area contributed by atoms with Crippen LogP contribution < -0.4 is 0 Å². The Hall–Kier alpha value is -6.39. The number of hydrogen-bond donors (Lipinski definition) is 0. The third-order valence-corrected chi connectivity index (χ3v) is 9.37. The molecule has 5 aromatic carbocycles. The number of rotatable bonds is 5. The third kappa shape index (κ3) is 5.43. The van der Waals surface area contributed by atoms with E-state index in [1.807, 2.05) is 24.3 Å². The zero-order chi connectivity index (χ0) is 32.6. The summed E-state index contributed by atoms with van der Waals surface area (Å²) < 4.78 is 2.23. The van der Waals surface area contributed by atoms with Crippen molar-refractivity contribution >= 4 is 11.2 Å². The van der Waals surface area contributed by atoms with Gasteiger partial charge in [-0.15, -0.1) is 0 Å². The molecule has 0 bridgehead atoms. The monoisotopic (exact) mass is 628 g/mol. The summed E-state index contributed by atoms with van der Waals surface area (Å²) in [5, 5.41) is 0. The van der Waals surface area contributed by atoms with Crippen molar-refractivity contribution in [2.24, 2.45) is 0 Å². The summed E-state index contributed by atoms with van der Waals surface area (Å²) in [4.78, 5) is 15.2. The van der Waals surface area contributed by atoms with Crippen LogP contribution in [0, 0.1) is 0 Å². The predicted octanol–water partition coefficient (Wildman–Crippen LogP) is 10.8. The van der Waals surface area contributed by atoms with Gasteiger partial charge in [0.05, 0.1) is 22.8 Å². The van der Waals surface area contributed by atoms with Crippen molar-refractivity contribution in [2.45, 2.75) is 12.8 Å². The molecule has 0 fully saturated rings. The van der Waals surface area contributed by atoms with E-state index >= 15 is 0 Å². The van der Waals surface area contributed by atoms with E-state index in [-0.39, 0.29) is 0 Å². The Labute approximate surface area is 285 Å². The molecule has 0 unspecified atom stereocenters. The fraction of sp³-hybridized carbons (Fsp3) is 0.0444. The summed E-state index contributed by atoms with van der Waals surface area (Å²) in [5.41, 5.74) is 15.4. The van der Waals surface area contributed by atoms with E-state index < -0.39 is 0 Å². The lowest BCUT2D eigenvalue weighted by atomic mass is 9.88. The second kappa shape index (κ2) is 12.3. The Morgan fingerprint density at radius 3 is 1.69 bits per heavy atom. The maximum absolute atomic E-state index is 5.09. The van der Waals surface area contributed by atoms with E-state index in [1.165, 1.54) is 39.1 Å². The van der Waals surface area contributed by atoms with Crippen LogP contribution in [0.4, 0.5) is 0 Å². The van der Waals surface area contributed by atoms with Gasteiger partial charge in [-0.1, -0.05) is 146 Å². The minimum Gasteiger partial charge on any atom is -0.303 e. The summed E-state index contributed by atoms with van der Waals surface area (Å²) in [6.45, 7) is 0. The number of benzene rings is 5. The lowest BCUT2D eigenvalue weighted by molar-refractivity contribution is 0.922. The predicted molar refractivity (Wildman–Crippen MR) is 200 cm³/mol. The Kier molecular flexibility index (Phi) is 7.25. The molecule has 9 rings (SSSR count). The van der Waals surface area contributed by atoms with Gasteiger partial charge in [0, 0.05) is 28.5 Å². The van der Waals surface area contributed by atoms with Crippen LogP contribution in [0.1, 0.15) is 23.2 Å². The largest absolute Gasteiger partial charge is 0.303 e. The molecule has 8 aromatic rings. The van der Waals surface area contributed by atoms with Gasteiger partial charge in [-0.25, -0.2) is 15.0 Å². The first-order valence-corrected chi connectivity index (χ1v) is 16.8. The van der Waals surface area contributed by atoms with Crippen LogP contribution in [0.2, 0.25) is 0 Å². The molecule has 0 atom stereocenters. The SMILES string of the molecule is C1=C(c2ccc(-c3cc(-c4ccc(-c5ccccc5)cc4)nc(-c4ccccc4)n3)cc2)c2ccccc2-c2nc3ccccn3c2CC1. The summed E-state index contributed by atoms with van der Waals surface area (Å²) in [5.74, 6) is 0.712. The molecule has 4 nitrogen and oxygen atoms in total. The van der Waals surface area contributed by atoms with Gasteiger partial charge < -0.3 is 4.40 Å². The third-order valence-electron chi connectivity index (χ3n) is 9.37. The molecular formula is C45H32N4. The first kappa shape index (κ1) is 28.8. The number of imidazole rings is 1. The van der Waals surface area contributed by atoms with Crippen LogP contribution in [0.5, 0.6) is 0 Å². The van der Waals surface area contributed by atoms with Crippen LogP contribution >= 0.6 is 0 Å². The summed E-state index contributed by atoms with van der Waals surface area (Å²) >= 11 is 0. The summed E-state index contributed by atoms with van der Waals surface area (Å²) in [6.07, 6.45) is 6.36. The topological polar surface area (TPSA) is 43.1 Å². The molecule has 0 spiro atoms. The van der Waals surface area contributed by atoms with Crippen molar-refractivity contribution in [3.05, 3.63) is 187 Å². The zero-order valence-electron chi connectivity index (χ0n) is 26.9. The average molecular weight is 629 g/mol. The first-order chi connectivity index (χ1) is 24.3. The summed E-state index contributed by atoms with van der Waals surface area (Å²) in [6, 6.07) is 55.1. The second-order valence-electron chi connectivity index (χ2n) is 12.4. The number of aryl methyl sites for hydroxylation is 1. The van der Waals surface area contributed by atoms with E-state index in [9.17, 15) is 0 Å². The average Bonchev–Trinajstić information content (AvgIpc) is 3.54. The smallest absolute Gasteiger partial charge is 0.160 e. The van der Waals surface area contributed by atoms with Crippen molar-refractivity contribution in [3.8, 4) is 56.3 Å². The van der Waals surface area contributed by atoms with Crippen LogP contribution in [-0.2, 0) is 6.42 Å². The van der Waals surface area contributed by atoms with Crippen LogP contribution in [-0.4, -0.2) is 19.4 Å². The number of fused-ring (bicyclic) bond motifs is 5. The molecule has 0 N–H and O–H groups in total. The Morgan fingerprint density at radius 1 is 0.449 bits per heavy atom. The van der Waals surface area contributed by atoms with Gasteiger partial charge in [0.15, 0.2) is 5.82 Å².